The van der Waals surface area contributed by atoms with E-state index in [1.54, 1.807) is 12.4 Å². The van der Waals surface area contributed by atoms with Gasteiger partial charge in [-0.25, -0.2) is 4.98 Å². The molecule has 0 saturated carbocycles. The number of nitrogens with zero attached hydrogens (tertiary/aromatic N) is 3. The number of carbonyl (C=O) groups is 1. The summed E-state index contributed by atoms with van der Waals surface area (Å²) in [4.78, 5) is 24.2. The number of thiazole rings is 1. The van der Waals surface area contributed by atoms with Gasteiger partial charge in [0.25, 0.3) is 5.91 Å². The number of aromatic nitrogens is 2. The van der Waals surface area contributed by atoms with E-state index in [4.69, 9.17) is 0 Å². The molecule has 1 amide bonds. The third-order valence-corrected chi connectivity index (χ3v) is 4.91. The summed E-state index contributed by atoms with van der Waals surface area (Å²) >= 11 is 1.43. The Kier molecular flexibility index (Phi) is 6.10. The standard InChI is InChI=1S/C17H24N4OS/c1-5-12(3)21(11-14-7-9-18-10-8-14)16(22)15-13(4)20-17(23-15)19-6-2/h7-10,12H,5-6,11H2,1-4H3,(H,19,20)/t12-/m0/s1. The van der Waals surface area contributed by atoms with Gasteiger partial charge in [0.05, 0.1) is 5.69 Å². The van der Waals surface area contributed by atoms with Gasteiger partial charge in [0.2, 0.25) is 0 Å². The summed E-state index contributed by atoms with van der Waals surface area (Å²) in [5.74, 6) is 0.0512. The Morgan fingerprint density at radius 1 is 1.35 bits per heavy atom. The monoisotopic (exact) mass is 332 g/mol. The van der Waals surface area contributed by atoms with Crippen molar-refractivity contribution in [2.75, 3.05) is 11.9 Å². The summed E-state index contributed by atoms with van der Waals surface area (Å²) in [7, 11) is 0. The Hall–Kier alpha value is -1.95. The molecule has 0 aliphatic heterocycles. The van der Waals surface area contributed by atoms with Crippen molar-refractivity contribution in [2.45, 2.75) is 46.7 Å². The van der Waals surface area contributed by atoms with Crippen molar-refractivity contribution < 1.29 is 4.79 Å². The molecule has 0 radical (unpaired) electrons. The fourth-order valence-corrected chi connectivity index (χ4v) is 3.28. The molecule has 2 aromatic rings. The summed E-state index contributed by atoms with van der Waals surface area (Å²) < 4.78 is 0. The first-order valence-electron chi connectivity index (χ1n) is 7.97. The quantitative estimate of drug-likeness (QED) is 0.839. The van der Waals surface area contributed by atoms with Gasteiger partial charge in [-0.2, -0.15) is 0 Å². The van der Waals surface area contributed by atoms with E-state index in [9.17, 15) is 4.79 Å². The zero-order valence-electron chi connectivity index (χ0n) is 14.2. The van der Waals surface area contributed by atoms with E-state index in [0.717, 1.165) is 34.2 Å². The molecular formula is C17H24N4OS. The topological polar surface area (TPSA) is 58.1 Å². The average Bonchev–Trinajstić information content (AvgIpc) is 2.93. The van der Waals surface area contributed by atoms with E-state index in [0.29, 0.717) is 6.54 Å². The summed E-state index contributed by atoms with van der Waals surface area (Å²) in [6.45, 7) is 9.48. The third kappa shape index (κ3) is 4.28. The van der Waals surface area contributed by atoms with Gasteiger partial charge in [-0.3, -0.25) is 9.78 Å². The molecule has 0 bridgehead atoms. The van der Waals surface area contributed by atoms with Crippen molar-refractivity contribution in [3.05, 3.63) is 40.7 Å². The van der Waals surface area contributed by atoms with Crippen LogP contribution in [-0.4, -0.2) is 33.4 Å². The molecule has 0 aromatic carbocycles. The van der Waals surface area contributed by atoms with E-state index in [-0.39, 0.29) is 11.9 Å². The first kappa shape index (κ1) is 17.4. The number of hydrogen-bond donors (Lipinski definition) is 1. The molecule has 2 aromatic heterocycles. The maximum absolute atomic E-state index is 13.0. The maximum Gasteiger partial charge on any atom is 0.266 e. The Bertz CT molecular complexity index is 641. The number of amides is 1. The number of anilines is 1. The largest absolute Gasteiger partial charge is 0.362 e. The van der Waals surface area contributed by atoms with Crippen LogP contribution in [0.5, 0.6) is 0 Å². The lowest BCUT2D eigenvalue weighted by Crippen LogP contribution is -2.37. The fourth-order valence-electron chi connectivity index (χ4n) is 2.29. The molecule has 5 nitrogen and oxygen atoms in total. The smallest absolute Gasteiger partial charge is 0.266 e. The number of pyridine rings is 1. The average molecular weight is 332 g/mol. The van der Waals surface area contributed by atoms with Crippen LogP contribution in [0, 0.1) is 6.92 Å². The van der Waals surface area contributed by atoms with Gasteiger partial charge >= 0.3 is 0 Å². The molecule has 0 aliphatic carbocycles. The fraction of sp³-hybridized carbons (Fsp3) is 0.471. The molecule has 6 heteroatoms. The van der Waals surface area contributed by atoms with Crippen LogP contribution in [0.2, 0.25) is 0 Å². The molecule has 0 spiro atoms. The molecule has 23 heavy (non-hydrogen) atoms. The molecule has 0 unspecified atom stereocenters. The number of nitrogens with one attached hydrogen (secondary N) is 1. The lowest BCUT2D eigenvalue weighted by Gasteiger charge is -2.28. The minimum Gasteiger partial charge on any atom is -0.362 e. The van der Waals surface area contributed by atoms with Crippen LogP contribution < -0.4 is 5.32 Å². The highest BCUT2D eigenvalue weighted by molar-refractivity contribution is 7.17. The number of aryl methyl sites for hydroxylation is 1. The molecule has 124 valence electrons. The summed E-state index contributed by atoms with van der Waals surface area (Å²) in [5.41, 5.74) is 1.88. The van der Waals surface area contributed by atoms with Gasteiger partial charge in [-0.15, -0.1) is 0 Å². The minimum atomic E-state index is 0.0512. The normalized spacial score (nSPS) is 12.0. The van der Waals surface area contributed by atoms with Crippen molar-refractivity contribution in [1.29, 1.82) is 0 Å². The summed E-state index contributed by atoms with van der Waals surface area (Å²) in [5, 5.41) is 3.99. The van der Waals surface area contributed by atoms with Crippen LogP contribution in [0.25, 0.3) is 0 Å². The van der Waals surface area contributed by atoms with Crippen molar-refractivity contribution in [2.24, 2.45) is 0 Å². The second-order valence-corrected chi connectivity index (χ2v) is 6.51. The van der Waals surface area contributed by atoms with Gasteiger partial charge in [-0.05, 0) is 44.9 Å². The zero-order valence-corrected chi connectivity index (χ0v) is 15.0. The van der Waals surface area contributed by atoms with Crippen molar-refractivity contribution in [1.82, 2.24) is 14.9 Å². The van der Waals surface area contributed by atoms with Crippen LogP contribution in [0.1, 0.15) is 48.1 Å². The van der Waals surface area contributed by atoms with Gasteiger partial charge in [0.15, 0.2) is 5.13 Å². The lowest BCUT2D eigenvalue weighted by atomic mass is 10.1. The van der Waals surface area contributed by atoms with Crippen LogP contribution >= 0.6 is 11.3 Å². The van der Waals surface area contributed by atoms with Gasteiger partial charge in [0, 0.05) is 31.5 Å². The molecule has 0 fully saturated rings. The van der Waals surface area contributed by atoms with E-state index in [1.165, 1.54) is 11.3 Å². The zero-order chi connectivity index (χ0) is 16.8. The third-order valence-electron chi connectivity index (χ3n) is 3.80. The molecule has 1 atom stereocenters. The predicted octanol–water partition coefficient (Wildman–Crippen LogP) is 3.72. The Labute approximate surface area is 141 Å². The van der Waals surface area contributed by atoms with E-state index >= 15 is 0 Å². The molecule has 2 rings (SSSR count). The number of carbonyl (C=O) groups excluding carboxylic acids is 1. The highest BCUT2D eigenvalue weighted by Crippen LogP contribution is 2.26. The first-order valence-corrected chi connectivity index (χ1v) is 8.79. The maximum atomic E-state index is 13.0. The molecule has 0 saturated heterocycles. The number of hydrogen-bond acceptors (Lipinski definition) is 5. The van der Waals surface area contributed by atoms with E-state index in [2.05, 4.69) is 29.1 Å². The van der Waals surface area contributed by atoms with Crippen molar-refractivity contribution >= 4 is 22.4 Å². The second kappa shape index (κ2) is 8.06. The van der Waals surface area contributed by atoms with Gasteiger partial charge in [0.1, 0.15) is 4.88 Å². The predicted molar refractivity (Wildman–Crippen MR) is 94.9 cm³/mol. The minimum absolute atomic E-state index is 0.0512. The summed E-state index contributed by atoms with van der Waals surface area (Å²) in [6.07, 6.45) is 4.43. The van der Waals surface area contributed by atoms with E-state index in [1.807, 2.05) is 30.9 Å². The highest BCUT2D eigenvalue weighted by atomic mass is 32.1. The Balaban J connectivity index is 2.26. The lowest BCUT2D eigenvalue weighted by molar-refractivity contribution is 0.0675. The van der Waals surface area contributed by atoms with Crippen LogP contribution in [-0.2, 0) is 6.54 Å². The van der Waals surface area contributed by atoms with Crippen LogP contribution in [0.3, 0.4) is 0 Å². The number of rotatable bonds is 7. The second-order valence-electron chi connectivity index (χ2n) is 5.51. The summed E-state index contributed by atoms with van der Waals surface area (Å²) in [6, 6.07) is 4.07. The Morgan fingerprint density at radius 3 is 2.65 bits per heavy atom. The molecule has 0 aliphatic rings. The SMILES string of the molecule is CCNc1nc(C)c(C(=O)N(Cc2ccncc2)[C@@H](C)CC)s1. The van der Waals surface area contributed by atoms with Crippen molar-refractivity contribution in [3.63, 3.8) is 0 Å². The van der Waals surface area contributed by atoms with Crippen LogP contribution in [0.4, 0.5) is 5.13 Å². The Morgan fingerprint density at radius 2 is 2.04 bits per heavy atom. The molecule has 1 N–H and O–H groups in total. The molecular weight excluding hydrogens is 308 g/mol. The van der Waals surface area contributed by atoms with Crippen molar-refractivity contribution in [3.8, 4) is 0 Å². The highest BCUT2D eigenvalue weighted by Gasteiger charge is 2.25. The van der Waals surface area contributed by atoms with Gasteiger partial charge in [-0.1, -0.05) is 18.3 Å². The first-order chi connectivity index (χ1) is 11.1. The molecule has 2 heterocycles. The van der Waals surface area contributed by atoms with Gasteiger partial charge < -0.3 is 10.2 Å². The van der Waals surface area contributed by atoms with Crippen LogP contribution in [0.15, 0.2) is 24.5 Å². The van der Waals surface area contributed by atoms with E-state index < -0.39 is 0 Å².